The maximum absolute atomic E-state index is 13.8. The van der Waals surface area contributed by atoms with Crippen molar-refractivity contribution in [2.75, 3.05) is 13.1 Å². The van der Waals surface area contributed by atoms with Crippen LogP contribution in [-0.4, -0.2) is 18.0 Å². The Kier molecular flexibility index (Phi) is 5.59. The van der Waals surface area contributed by atoms with Crippen molar-refractivity contribution in [3.05, 3.63) is 113 Å². The summed E-state index contributed by atoms with van der Waals surface area (Å²) in [5.74, 6) is -0.793. The molecule has 148 valence electrons. The molecule has 4 rings (SSSR count). The van der Waals surface area contributed by atoms with Gasteiger partial charge in [-0.25, -0.2) is 8.78 Å². The van der Waals surface area contributed by atoms with Gasteiger partial charge in [0.15, 0.2) is 0 Å². The van der Waals surface area contributed by atoms with E-state index in [9.17, 15) is 8.78 Å². The molecule has 0 radical (unpaired) electrons. The summed E-state index contributed by atoms with van der Waals surface area (Å²) in [5.41, 5.74) is 5.33. The first-order valence-electron chi connectivity index (χ1n) is 10.0. The lowest BCUT2D eigenvalue weighted by atomic mass is 9.81. The van der Waals surface area contributed by atoms with Crippen LogP contribution >= 0.6 is 0 Å². The fourth-order valence-electron chi connectivity index (χ4n) is 4.43. The number of rotatable bonds is 5. The number of hydrogen-bond acceptors (Lipinski definition) is 1. The Labute approximate surface area is 171 Å². The van der Waals surface area contributed by atoms with Gasteiger partial charge in [-0.1, -0.05) is 66.2 Å². The maximum atomic E-state index is 13.8. The van der Waals surface area contributed by atoms with Gasteiger partial charge < -0.3 is 0 Å². The van der Waals surface area contributed by atoms with Crippen molar-refractivity contribution in [2.24, 2.45) is 5.92 Å². The van der Waals surface area contributed by atoms with Crippen molar-refractivity contribution < 1.29 is 8.78 Å². The topological polar surface area (TPSA) is 3.24 Å². The molecule has 1 heterocycles. The van der Waals surface area contributed by atoms with E-state index in [2.05, 4.69) is 53.4 Å². The van der Waals surface area contributed by atoms with Gasteiger partial charge in [0.05, 0.1) is 6.04 Å². The van der Waals surface area contributed by atoms with Crippen molar-refractivity contribution in [3.63, 3.8) is 0 Å². The summed E-state index contributed by atoms with van der Waals surface area (Å²) in [6.07, 6.45) is 0. The fourth-order valence-corrected chi connectivity index (χ4v) is 4.43. The monoisotopic (exact) mass is 389 g/mol. The predicted molar refractivity (Wildman–Crippen MR) is 114 cm³/mol. The molecule has 0 aromatic heterocycles. The molecule has 0 aliphatic carbocycles. The molecule has 1 nitrogen and oxygen atoms in total. The van der Waals surface area contributed by atoms with Crippen LogP contribution in [0.15, 0.2) is 84.4 Å². The van der Waals surface area contributed by atoms with Gasteiger partial charge in [-0.15, -0.1) is 0 Å². The lowest BCUT2D eigenvalue weighted by Crippen LogP contribution is -2.49. The summed E-state index contributed by atoms with van der Waals surface area (Å²) in [6.45, 7) is 5.75. The van der Waals surface area contributed by atoms with Crippen LogP contribution in [0.2, 0.25) is 0 Å². The molecule has 0 N–H and O–H groups in total. The number of likely N-dealkylation sites (tertiary alicyclic amines) is 1. The van der Waals surface area contributed by atoms with Gasteiger partial charge >= 0.3 is 0 Å². The minimum atomic E-state index is -0.527. The van der Waals surface area contributed by atoms with E-state index < -0.39 is 11.6 Å². The molecule has 1 aliphatic heterocycles. The molecule has 0 amide bonds. The molecule has 1 fully saturated rings. The average molecular weight is 389 g/mol. The standard InChI is InChI=1S/C26H25F2N/c1-18(2)25(21-13-23(27)15-24(28)14-21)22-16-29(17-22)26(19-9-5-3-6-10-19)20-11-7-4-8-12-20/h3-15,22,26H,16-17H2,1-2H3. The maximum Gasteiger partial charge on any atom is 0.126 e. The second-order valence-corrected chi connectivity index (χ2v) is 7.95. The van der Waals surface area contributed by atoms with E-state index in [0.29, 0.717) is 5.56 Å². The summed E-state index contributed by atoms with van der Waals surface area (Å²) in [5, 5.41) is 0. The molecule has 29 heavy (non-hydrogen) atoms. The van der Waals surface area contributed by atoms with Crippen molar-refractivity contribution >= 4 is 5.57 Å². The molecule has 0 spiro atoms. The third kappa shape index (κ3) is 4.15. The first-order valence-corrected chi connectivity index (χ1v) is 10.0. The Hall–Kier alpha value is -2.78. The third-order valence-corrected chi connectivity index (χ3v) is 5.63. The highest BCUT2D eigenvalue weighted by atomic mass is 19.1. The molecule has 0 unspecified atom stereocenters. The lowest BCUT2D eigenvalue weighted by Gasteiger charge is -2.46. The smallest absolute Gasteiger partial charge is 0.126 e. The van der Waals surface area contributed by atoms with Crippen molar-refractivity contribution in [3.8, 4) is 0 Å². The van der Waals surface area contributed by atoms with E-state index in [1.165, 1.54) is 23.3 Å². The first kappa shape index (κ1) is 19.5. The van der Waals surface area contributed by atoms with Gasteiger partial charge in [-0.2, -0.15) is 0 Å². The SMILES string of the molecule is CC(C)=C(c1cc(F)cc(F)c1)C1CN(C(c2ccccc2)c2ccccc2)C1. The van der Waals surface area contributed by atoms with Gasteiger partial charge in [0.25, 0.3) is 0 Å². The minimum Gasteiger partial charge on any atom is -0.291 e. The van der Waals surface area contributed by atoms with E-state index in [4.69, 9.17) is 0 Å². The minimum absolute atomic E-state index is 0.177. The Bertz CT molecular complexity index is 942. The van der Waals surface area contributed by atoms with Crippen molar-refractivity contribution in [1.82, 2.24) is 4.90 Å². The zero-order chi connectivity index (χ0) is 20.4. The summed E-state index contributed by atoms with van der Waals surface area (Å²) < 4.78 is 27.6. The fraction of sp³-hybridized carbons (Fsp3) is 0.231. The normalized spacial score (nSPS) is 14.7. The molecule has 1 aliphatic rings. The van der Waals surface area contributed by atoms with Gasteiger partial charge in [-0.3, -0.25) is 4.90 Å². The predicted octanol–water partition coefficient (Wildman–Crippen LogP) is 6.48. The highest BCUT2D eigenvalue weighted by Gasteiger charge is 2.36. The van der Waals surface area contributed by atoms with Gasteiger partial charge in [0.1, 0.15) is 11.6 Å². The largest absolute Gasteiger partial charge is 0.291 e. The van der Waals surface area contributed by atoms with E-state index in [1.807, 2.05) is 26.0 Å². The molecular weight excluding hydrogens is 364 g/mol. The van der Waals surface area contributed by atoms with Crippen LogP contribution in [0.4, 0.5) is 8.78 Å². The molecule has 3 aromatic rings. The second kappa shape index (κ2) is 8.30. The molecule has 1 saturated heterocycles. The van der Waals surface area contributed by atoms with E-state index >= 15 is 0 Å². The Morgan fingerprint density at radius 3 is 1.72 bits per heavy atom. The third-order valence-electron chi connectivity index (χ3n) is 5.63. The average Bonchev–Trinajstić information content (AvgIpc) is 2.67. The van der Waals surface area contributed by atoms with Crippen molar-refractivity contribution in [1.29, 1.82) is 0 Å². The summed E-state index contributed by atoms with van der Waals surface area (Å²) in [4.78, 5) is 2.44. The molecule has 3 aromatic carbocycles. The van der Waals surface area contributed by atoms with Gasteiger partial charge in [-0.05, 0) is 48.2 Å². The highest BCUT2D eigenvalue weighted by Crippen LogP contribution is 2.40. The van der Waals surface area contributed by atoms with Crippen LogP contribution in [0.3, 0.4) is 0 Å². The first-order chi connectivity index (χ1) is 14.0. The van der Waals surface area contributed by atoms with Crippen LogP contribution in [0.5, 0.6) is 0 Å². The molecule has 3 heteroatoms. The molecule has 0 saturated carbocycles. The number of halogens is 2. The van der Waals surface area contributed by atoms with Gasteiger partial charge in [0.2, 0.25) is 0 Å². The zero-order valence-electron chi connectivity index (χ0n) is 16.8. The molecule has 0 atom stereocenters. The Balaban J connectivity index is 1.61. The van der Waals surface area contributed by atoms with Crippen molar-refractivity contribution in [2.45, 2.75) is 19.9 Å². The van der Waals surface area contributed by atoms with E-state index in [1.54, 1.807) is 0 Å². The highest BCUT2D eigenvalue weighted by molar-refractivity contribution is 5.71. The van der Waals surface area contributed by atoms with E-state index in [-0.39, 0.29) is 12.0 Å². The number of allylic oxidation sites excluding steroid dienone is 1. The zero-order valence-corrected chi connectivity index (χ0v) is 16.8. The van der Waals surface area contributed by atoms with Crippen LogP contribution in [0, 0.1) is 17.6 Å². The van der Waals surface area contributed by atoms with Crippen LogP contribution in [0.1, 0.15) is 36.6 Å². The van der Waals surface area contributed by atoms with Crippen LogP contribution in [0.25, 0.3) is 5.57 Å². The number of hydrogen-bond donors (Lipinski definition) is 0. The summed E-state index contributed by atoms with van der Waals surface area (Å²) in [7, 11) is 0. The van der Waals surface area contributed by atoms with Crippen LogP contribution in [-0.2, 0) is 0 Å². The molecular formula is C26H25F2N. The summed E-state index contributed by atoms with van der Waals surface area (Å²) in [6, 6.07) is 25.0. The second-order valence-electron chi connectivity index (χ2n) is 7.95. The quantitative estimate of drug-likeness (QED) is 0.483. The van der Waals surface area contributed by atoms with Gasteiger partial charge in [0, 0.05) is 25.1 Å². The number of nitrogens with zero attached hydrogens (tertiary/aromatic N) is 1. The summed E-state index contributed by atoms with van der Waals surface area (Å²) >= 11 is 0. The van der Waals surface area contributed by atoms with Crippen LogP contribution < -0.4 is 0 Å². The molecule has 0 bridgehead atoms. The lowest BCUT2D eigenvalue weighted by molar-refractivity contribution is 0.100. The Morgan fingerprint density at radius 1 is 0.793 bits per heavy atom. The number of benzene rings is 3. The Morgan fingerprint density at radius 2 is 1.28 bits per heavy atom. The van der Waals surface area contributed by atoms with E-state index in [0.717, 1.165) is 30.3 Å².